The zero-order valence-corrected chi connectivity index (χ0v) is 12.2. The molecule has 20 heavy (non-hydrogen) atoms. The van der Waals surface area contributed by atoms with E-state index >= 15 is 0 Å². The molecule has 0 aliphatic heterocycles. The van der Waals surface area contributed by atoms with Crippen LogP contribution in [0, 0.1) is 0 Å². The van der Waals surface area contributed by atoms with Crippen LogP contribution >= 0.6 is 11.6 Å². The lowest BCUT2D eigenvalue weighted by molar-refractivity contribution is 0.0938. The Balaban J connectivity index is 1.85. The Labute approximate surface area is 124 Å². The first-order chi connectivity index (χ1) is 9.69. The zero-order valence-electron chi connectivity index (χ0n) is 11.4. The predicted molar refractivity (Wildman–Crippen MR) is 81.4 cm³/mol. The highest BCUT2D eigenvalue weighted by atomic mass is 35.5. The lowest BCUT2D eigenvalue weighted by Gasteiger charge is -2.13. The Morgan fingerprint density at radius 3 is 2.55 bits per heavy atom. The maximum atomic E-state index is 12.0. The van der Waals surface area contributed by atoms with Crippen LogP contribution in [0.15, 0.2) is 24.3 Å². The maximum Gasteiger partial charge on any atom is 0.251 e. The molecule has 1 aromatic carbocycles. The summed E-state index contributed by atoms with van der Waals surface area (Å²) in [6.45, 7) is 0.400. The largest absolute Gasteiger partial charge is 0.390 e. The van der Waals surface area contributed by atoms with E-state index in [0.29, 0.717) is 18.2 Å². The average Bonchev–Trinajstić information content (AvgIpc) is 2.98. The number of benzene rings is 1. The topological polar surface area (TPSA) is 61.4 Å². The van der Waals surface area contributed by atoms with Gasteiger partial charge in [-0.1, -0.05) is 12.8 Å². The van der Waals surface area contributed by atoms with Gasteiger partial charge in [-0.3, -0.25) is 4.79 Å². The first kappa shape index (κ1) is 15.1. The smallest absolute Gasteiger partial charge is 0.251 e. The van der Waals surface area contributed by atoms with Crippen molar-refractivity contribution >= 4 is 23.2 Å². The summed E-state index contributed by atoms with van der Waals surface area (Å²) in [6.07, 6.45) is 4.01. The fourth-order valence-corrected chi connectivity index (χ4v) is 2.48. The van der Waals surface area contributed by atoms with Crippen molar-refractivity contribution in [2.45, 2.75) is 37.8 Å². The molecule has 110 valence electrons. The summed E-state index contributed by atoms with van der Waals surface area (Å²) in [5.41, 5.74) is 1.53. The molecule has 1 amide bonds. The molecule has 0 aromatic heterocycles. The first-order valence-electron chi connectivity index (χ1n) is 7.08. The number of alkyl halides is 1. The Morgan fingerprint density at radius 2 is 1.95 bits per heavy atom. The van der Waals surface area contributed by atoms with Crippen LogP contribution in [-0.4, -0.2) is 35.6 Å². The van der Waals surface area contributed by atoms with Gasteiger partial charge in [0.1, 0.15) is 0 Å². The van der Waals surface area contributed by atoms with Crippen molar-refractivity contribution in [1.29, 1.82) is 0 Å². The minimum atomic E-state index is -0.568. The summed E-state index contributed by atoms with van der Waals surface area (Å²) in [6, 6.07) is 7.59. The fourth-order valence-electron chi connectivity index (χ4n) is 2.37. The predicted octanol–water partition coefficient (Wildman–Crippen LogP) is 2.37. The van der Waals surface area contributed by atoms with Gasteiger partial charge >= 0.3 is 0 Å². The number of halogens is 1. The lowest BCUT2D eigenvalue weighted by Crippen LogP contribution is -2.32. The molecule has 1 saturated carbocycles. The number of hydrogen-bond acceptors (Lipinski definition) is 3. The number of aliphatic hydroxyl groups excluding tert-OH is 1. The number of aliphatic hydroxyl groups is 1. The molecule has 3 N–H and O–H groups in total. The highest BCUT2D eigenvalue weighted by Gasteiger charge is 2.17. The number of anilines is 1. The average molecular weight is 297 g/mol. The molecule has 2 rings (SSSR count). The molecule has 1 aliphatic carbocycles. The Hall–Kier alpha value is -1.26. The van der Waals surface area contributed by atoms with Crippen molar-refractivity contribution in [2.24, 2.45) is 0 Å². The Kier molecular flexibility index (Phi) is 5.68. The van der Waals surface area contributed by atoms with E-state index in [1.807, 2.05) is 12.1 Å². The van der Waals surface area contributed by atoms with Crippen LogP contribution in [0.25, 0.3) is 0 Å². The Bertz CT molecular complexity index is 430. The van der Waals surface area contributed by atoms with Gasteiger partial charge in [0.05, 0.1) is 12.0 Å². The molecule has 0 heterocycles. The summed E-state index contributed by atoms with van der Waals surface area (Å²) in [5.74, 6) is 0.193. The standard InChI is InChI=1S/C15H21ClN2O2/c16-9-14(19)10-17-12-7-5-11(6-8-12)15(20)18-13-3-1-2-4-13/h5-8,13-14,17,19H,1-4,9-10H2,(H,18,20). The molecular formula is C15H21ClN2O2. The molecule has 1 aliphatic rings. The lowest BCUT2D eigenvalue weighted by atomic mass is 10.1. The van der Waals surface area contributed by atoms with Crippen LogP contribution in [0.5, 0.6) is 0 Å². The third-order valence-corrected chi connectivity index (χ3v) is 3.91. The molecular weight excluding hydrogens is 276 g/mol. The van der Waals surface area contributed by atoms with Crippen LogP contribution in [0.1, 0.15) is 36.0 Å². The van der Waals surface area contributed by atoms with Gasteiger partial charge in [0, 0.05) is 23.8 Å². The summed E-state index contributed by atoms with van der Waals surface area (Å²) in [4.78, 5) is 12.0. The van der Waals surface area contributed by atoms with Gasteiger partial charge in [-0.25, -0.2) is 0 Å². The molecule has 1 unspecified atom stereocenters. The second kappa shape index (κ2) is 7.50. The molecule has 0 radical (unpaired) electrons. The van der Waals surface area contributed by atoms with E-state index in [1.165, 1.54) is 12.8 Å². The van der Waals surface area contributed by atoms with Crippen LogP contribution in [0.2, 0.25) is 0 Å². The van der Waals surface area contributed by atoms with Gasteiger partial charge in [-0.2, -0.15) is 0 Å². The van der Waals surface area contributed by atoms with E-state index in [-0.39, 0.29) is 11.8 Å². The normalized spacial score (nSPS) is 16.9. The maximum absolute atomic E-state index is 12.0. The third kappa shape index (κ3) is 4.39. The second-order valence-electron chi connectivity index (χ2n) is 5.22. The highest BCUT2D eigenvalue weighted by Crippen LogP contribution is 2.18. The third-order valence-electron chi connectivity index (χ3n) is 3.56. The number of nitrogens with one attached hydrogen (secondary N) is 2. The molecule has 5 heteroatoms. The molecule has 1 aromatic rings. The van der Waals surface area contributed by atoms with Gasteiger partial charge in [0.15, 0.2) is 0 Å². The van der Waals surface area contributed by atoms with E-state index in [2.05, 4.69) is 10.6 Å². The zero-order chi connectivity index (χ0) is 14.4. The fraction of sp³-hybridized carbons (Fsp3) is 0.533. The molecule has 4 nitrogen and oxygen atoms in total. The molecule has 1 fully saturated rings. The van der Waals surface area contributed by atoms with Gasteiger partial charge in [0.25, 0.3) is 5.91 Å². The van der Waals surface area contributed by atoms with E-state index in [9.17, 15) is 9.90 Å². The van der Waals surface area contributed by atoms with Crippen molar-refractivity contribution in [3.05, 3.63) is 29.8 Å². The highest BCUT2D eigenvalue weighted by molar-refractivity contribution is 6.18. The monoisotopic (exact) mass is 296 g/mol. The molecule has 0 bridgehead atoms. The van der Waals surface area contributed by atoms with Gasteiger partial charge in [-0.05, 0) is 37.1 Å². The quantitative estimate of drug-likeness (QED) is 0.706. The number of amides is 1. The van der Waals surface area contributed by atoms with Crippen molar-refractivity contribution in [3.8, 4) is 0 Å². The molecule has 1 atom stereocenters. The Morgan fingerprint density at radius 1 is 1.30 bits per heavy atom. The van der Waals surface area contributed by atoms with E-state index in [1.54, 1.807) is 12.1 Å². The van der Waals surface area contributed by atoms with E-state index in [4.69, 9.17) is 11.6 Å². The van der Waals surface area contributed by atoms with Crippen LogP contribution in [0.4, 0.5) is 5.69 Å². The van der Waals surface area contributed by atoms with Crippen LogP contribution < -0.4 is 10.6 Å². The van der Waals surface area contributed by atoms with Gasteiger partial charge < -0.3 is 15.7 Å². The number of hydrogen-bond donors (Lipinski definition) is 3. The summed E-state index contributed by atoms with van der Waals surface area (Å²) in [7, 11) is 0. The minimum Gasteiger partial charge on any atom is -0.390 e. The summed E-state index contributed by atoms with van der Waals surface area (Å²) in [5, 5.41) is 15.5. The van der Waals surface area contributed by atoms with Crippen molar-refractivity contribution in [1.82, 2.24) is 5.32 Å². The second-order valence-corrected chi connectivity index (χ2v) is 5.53. The van der Waals surface area contributed by atoms with Crippen molar-refractivity contribution in [2.75, 3.05) is 17.7 Å². The summed E-state index contributed by atoms with van der Waals surface area (Å²) < 4.78 is 0. The van der Waals surface area contributed by atoms with Crippen molar-refractivity contribution in [3.63, 3.8) is 0 Å². The molecule has 0 spiro atoms. The number of carbonyl (C=O) groups is 1. The minimum absolute atomic E-state index is 0.00996. The van der Waals surface area contributed by atoms with Crippen LogP contribution in [-0.2, 0) is 0 Å². The number of carbonyl (C=O) groups excluding carboxylic acids is 1. The van der Waals surface area contributed by atoms with Gasteiger partial charge in [0.2, 0.25) is 0 Å². The van der Waals surface area contributed by atoms with Crippen molar-refractivity contribution < 1.29 is 9.90 Å². The first-order valence-corrected chi connectivity index (χ1v) is 7.61. The van der Waals surface area contributed by atoms with Crippen LogP contribution in [0.3, 0.4) is 0 Å². The molecule has 0 saturated heterocycles. The van der Waals surface area contributed by atoms with E-state index in [0.717, 1.165) is 18.5 Å². The SMILES string of the molecule is O=C(NC1CCCC1)c1ccc(NCC(O)CCl)cc1. The number of rotatable bonds is 6. The van der Waals surface area contributed by atoms with E-state index < -0.39 is 6.10 Å². The van der Waals surface area contributed by atoms with Gasteiger partial charge in [-0.15, -0.1) is 11.6 Å². The summed E-state index contributed by atoms with van der Waals surface area (Å²) >= 11 is 5.52.